The van der Waals surface area contributed by atoms with Crippen LogP contribution in [0.25, 0.3) is 0 Å². The highest BCUT2D eigenvalue weighted by molar-refractivity contribution is 5.81. The van der Waals surface area contributed by atoms with E-state index in [0.29, 0.717) is 12.8 Å². The summed E-state index contributed by atoms with van der Waals surface area (Å²) in [4.78, 5) is 11.9. The summed E-state index contributed by atoms with van der Waals surface area (Å²) in [5.41, 5.74) is 3.42. The van der Waals surface area contributed by atoms with Crippen molar-refractivity contribution < 1.29 is 4.79 Å². The maximum absolute atomic E-state index is 11.9. The molecule has 0 bridgehead atoms. The van der Waals surface area contributed by atoms with E-state index >= 15 is 0 Å². The number of ketones is 1. The van der Waals surface area contributed by atoms with Crippen molar-refractivity contribution in [3.05, 3.63) is 53.3 Å². The number of hydrogen-bond acceptors (Lipinski definition) is 2. The fourth-order valence-corrected chi connectivity index (χ4v) is 2.02. The lowest BCUT2D eigenvalue weighted by Gasteiger charge is -2.05. The van der Waals surface area contributed by atoms with Crippen LogP contribution in [0.4, 0.5) is 0 Å². The molecule has 3 heteroatoms. The summed E-state index contributed by atoms with van der Waals surface area (Å²) in [5, 5.41) is 4.10. The Labute approximate surface area is 107 Å². The van der Waals surface area contributed by atoms with Crippen LogP contribution < -0.4 is 0 Å². The highest BCUT2D eigenvalue weighted by atomic mass is 16.1. The van der Waals surface area contributed by atoms with Gasteiger partial charge < -0.3 is 0 Å². The first-order valence-corrected chi connectivity index (χ1v) is 6.20. The third-order valence-corrected chi connectivity index (χ3v) is 3.23. The van der Waals surface area contributed by atoms with Crippen molar-refractivity contribution in [3.63, 3.8) is 0 Å². The third kappa shape index (κ3) is 3.06. The number of carbonyl (C=O) groups excluding carboxylic acids is 1. The van der Waals surface area contributed by atoms with E-state index < -0.39 is 0 Å². The van der Waals surface area contributed by atoms with Gasteiger partial charge in [-0.2, -0.15) is 5.10 Å². The minimum atomic E-state index is 0.283. The van der Waals surface area contributed by atoms with Gasteiger partial charge in [0.2, 0.25) is 0 Å². The van der Waals surface area contributed by atoms with Crippen LogP contribution in [-0.4, -0.2) is 15.6 Å². The molecule has 0 radical (unpaired) electrons. The van der Waals surface area contributed by atoms with Gasteiger partial charge in [-0.05, 0) is 30.5 Å². The number of rotatable bonds is 5. The van der Waals surface area contributed by atoms with Gasteiger partial charge in [0.15, 0.2) is 0 Å². The van der Waals surface area contributed by atoms with Crippen molar-refractivity contribution in [1.29, 1.82) is 0 Å². The summed E-state index contributed by atoms with van der Waals surface area (Å²) in [6, 6.07) is 10.0. The van der Waals surface area contributed by atoms with E-state index in [9.17, 15) is 4.79 Å². The molecule has 0 fully saturated rings. The highest BCUT2D eigenvalue weighted by Crippen LogP contribution is 2.10. The summed E-state index contributed by atoms with van der Waals surface area (Å²) < 4.78 is 1.82. The molecule has 2 aromatic rings. The van der Waals surface area contributed by atoms with Crippen molar-refractivity contribution >= 4 is 5.78 Å². The van der Waals surface area contributed by atoms with E-state index in [1.807, 2.05) is 49.0 Å². The van der Waals surface area contributed by atoms with Crippen LogP contribution in [0.2, 0.25) is 0 Å². The van der Waals surface area contributed by atoms with Gasteiger partial charge >= 0.3 is 0 Å². The lowest BCUT2D eigenvalue weighted by Crippen LogP contribution is -2.07. The molecule has 1 heterocycles. The van der Waals surface area contributed by atoms with Crippen molar-refractivity contribution in [1.82, 2.24) is 9.78 Å². The van der Waals surface area contributed by atoms with Gasteiger partial charge in [0.1, 0.15) is 5.78 Å². The molecule has 0 amide bonds. The summed E-state index contributed by atoms with van der Waals surface area (Å²) in [6.45, 7) is 2.05. The minimum absolute atomic E-state index is 0.283. The van der Waals surface area contributed by atoms with Gasteiger partial charge in [-0.3, -0.25) is 9.48 Å². The van der Waals surface area contributed by atoms with E-state index in [0.717, 1.165) is 17.7 Å². The number of carbonyl (C=O) groups is 1. The Morgan fingerprint density at radius 2 is 2.06 bits per heavy atom. The number of benzene rings is 1. The zero-order chi connectivity index (χ0) is 13.0. The lowest BCUT2D eigenvalue weighted by atomic mass is 10.0. The smallest absolute Gasteiger partial charge is 0.137 e. The molecular weight excluding hydrogens is 224 g/mol. The van der Waals surface area contributed by atoms with Crippen molar-refractivity contribution in [3.8, 4) is 0 Å². The molecular formula is C15H18N2O. The van der Waals surface area contributed by atoms with Crippen molar-refractivity contribution in [2.45, 2.75) is 26.2 Å². The van der Waals surface area contributed by atoms with Crippen molar-refractivity contribution in [2.24, 2.45) is 7.05 Å². The second-order valence-corrected chi connectivity index (χ2v) is 4.59. The Kier molecular flexibility index (Phi) is 3.92. The summed E-state index contributed by atoms with van der Waals surface area (Å²) in [7, 11) is 1.90. The van der Waals surface area contributed by atoms with Crippen LogP contribution in [0.1, 0.15) is 23.2 Å². The largest absolute Gasteiger partial charge is 0.299 e. The van der Waals surface area contributed by atoms with E-state index in [2.05, 4.69) is 5.10 Å². The summed E-state index contributed by atoms with van der Waals surface area (Å²) in [6.07, 6.45) is 3.64. The average Bonchev–Trinajstić information content (AvgIpc) is 2.75. The van der Waals surface area contributed by atoms with Gasteiger partial charge in [-0.1, -0.05) is 24.3 Å². The number of nitrogens with zero attached hydrogens (tertiary/aromatic N) is 2. The van der Waals surface area contributed by atoms with Crippen LogP contribution in [-0.2, 0) is 24.7 Å². The Balaban J connectivity index is 1.90. The lowest BCUT2D eigenvalue weighted by molar-refractivity contribution is -0.118. The predicted molar refractivity (Wildman–Crippen MR) is 71.4 cm³/mol. The highest BCUT2D eigenvalue weighted by Gasteiger charge is 2.07. The first kappa shape index (κ1) is 12.6. The van der Waals surface area contributed by atoms with Gasteiger partial charge in [-0.25, -0.2) is 0 Å². The van der Waals surface area contributed by atoms with Crippen LogP contribution in [0.5, 0.6) is 0 Å². The zero-order valence-corrected chi connectivity index (χ0v) is 10.9. The average molecular weight is 242 g/mol. The fraction of sp³-hybridized carbons (Fsp3) is 0.333. The van der Waals surface area contributed by atoms with Crippen LogP contribution in [0.15, 0.2) is 36.5 Å². The van der Waals surface area contributed by atoms with E-state index in [4.69, 9.17) is 0 Å². The van der Waals surface area contributed by atoms with E-state index in [1.165, 1.54) is 5.56 Å². The van der Waals surface area contributed by atoms with Gasteiger partial charge in [0, 0.05) is 31.8 Å². The van der Waals surface area contributed by atoms with Gasteiger partial charge in [-0.15, -0.1) is 0 Å². The molecule has 0 spiro atoms. The maximum Gasteiger partial charge on any atom is 0.137 e. The van der Waals surface area contributed by atoms with Crippen LogP contribution in [0.3, 0.4) is 0 Å². The number of Topliss-reactive ketones (excluding diaryl/α,β-unsaturated/α-hetero) is 1. The summed E-state index contributed by atoms with van der Waals surface area (Å²) >= 11 is 0. The van der Waals surface area contributed by atoms with Gasteiger partial charge in [0.05, 0.1) is 0 Å². The molecule has 0 saturated heterocycles. The minimum Gasteiger partial charge on any atom is -0.299 e. The molecule has 0 aliphatic rings. The second kappa shape index (κ2) is 5.63. The Bertz CT molecular complexity index is 543. The SMILES string of the molecule is Cc1ccccc1CC(=O)CCc1ccnn1C. The topological polar surface area (TPSA) is 34.9 Å². The molecule has 2 rings (SSSR count). The summed E-state index contributed by atoms with van der Waals surface area (Å²) in [5.74, 6) is 0.283. The number of aryl methyl sites for hydroxylation is 3. The molecule has 1 aromatic heterocycles. The standard InChI is InChI=1S/C15H18N2O/c1-12-5-3-4-6-13(12)11-15(18)8-7-14-9-10-16-17(14)2/h3-6,9-10H,7-8,11H2,1-2H3. The molecule has 0 unspecified atom stereocenters. The van der Waals surface area contributed by atoms with Gasteiger partial charge in [0.25, 0.3) is 0 Å². The van der Waals surface area contributed by atoms with E-state index in [1.54, 1.807) is 6.20 Å². The Morgan fingerprint density at radius 3 is 2.72 bits per heavy atom. The molecule has 0 saturated carbocycles. The molecule has 0 atom stereocenters. The maximum atomic E-state index is 11.9. The van der Waals surface area contributed by atoms with Crippen LogP contribution >= 0.6 is 0 Å². The number of aromatic nitrogens is 2. The first-order chi connectivity index (χ1) is 8.66. The Morgan fingerprint density at radius 1 is 1.28 bits per heavy atom. The Hall–Kier alpha value is -1.90. The molecule has 3 nitrogen and oxygen atoms in total. The zero-order valence-electron chi connectivity index (χ0n) is 10.9. The predicted octanol–water partition coefficient (Wildman–Crippen LogP) is 2.47. The van der Waals surface area contributed by atoms with Crippen LogP contribution in [0, 0.1) is 6.92 Å². The molecule has 0 N–H and O–H groups in total. The normalized spacial score (nSPS) is 10.6. The first-order valence-electron chi connectivity index (χ1n) is 6.20. The molecule has 0 aliphatic carbocycles. The quantitative estimate of drug-likeness (QED) is 0.807. The van der Waals surface area contributed by atoms with E-state index in [-0.39, 0.29) is 5.78 Å². The second-order valence-electron chi connectivity index (χ2n) is 4.59. The molecule has 1 aromatic carbocycles. The molecule has 18 heavy (non-hydrogen) atoms. The molecule has 94 valence electrons. The fourth-order valence-electron chi connectivity index (χ4n) is 2.02. The third-order valence-electron chi connectivity index (χ3n) is 3.23. The molecule has 0 aliphatic heterocycles. The van der Waals surface area contributed by atoms with Crippen molar-refractivity contribution in [2.75, 3.05) is 0 Å². The number of hydrogen-bond donors (Lipinski definition) is 0. The monoisotopic (exact) mass is 242 g/mol.